The van der Waals surface area contributed by atoms with Gasteiger partial charge in [0, 0.05) is 21.6 Å². The molecule has 0 saturated heterocycles. The SMILES string of the molecule is COC(=O)c1ccc(N(CC(F)(F)F)C(=O)c2ccc(Cl)cc2)cc1CBr. The first-order valence-corrected chi connectivity index (χ1v) is 9.07. The summed E-state index contributed by atoms with van der Waals surface area (Å²) < 4.78 is 43.9. The quantitative estimate of drug-likeness (QED) is 0.450. The van der Waals surface area contributed by atoms with Crippen molar-refractivity contribution in [3.8, 4) is 0 Å². The number of anilines is 1. The molecule has 2 aromatic carbocycles. The van der Waals surface area contributed by atoms with Crippen LogP contribution < -0.4 is 4.90 Å². The third-order valence-corrected chi connectivity index (χ3v) is 4.48. The Morgan fingerprint density at radius 2 is 1.78 bits per heavy atom. The molecule has 27 heavy (non-hydrogen) atoms. The Morgan fingerprint density at radius 1 is 1.15 bits per heavy atom. The molecule has 0 aliphatic heterocycles. The molecule has 0 fully saturated rings. The summed E-state index contributed by atoms with van der Waals surface area (Å²) in [6.45, 7) is -1.48. The fraction of sp³-hybridized carbons (Fsp3) is 0.222. The van der Waals surface area contributed by atoms with Gasteiger partial charge in [0.25, 0.3) is 5.91 Å². The number of nitrogens with zero attached hydrogens (tertiary/aromatic N) is 1. The molecule has 1 amide bonds. The summed E-state index contributed by atoms with van der Waals surface area (Å²) in [6.07, 6.45) is -4.61. The van der Waals surface area contributed by atoms with E-state index in [1.165, 1.54) is 49.6 Å². The first-order chi connectivity index (χ1) is 12.7. The van der Waals surface area contributed by atoms with Gasteiger partial charge < -0.3 is 4.74 Å². The number of rotatable bonds is 5. The normalized spacial score (nSPS) is 11.2. The van der Waals surface area contributed by atoms with Gasteiger partial charge in [0.05, 0.1) is 12.7 Å². The Kier molecular flexibility index (Phi) is 6.89. The van der Waals surface area contributed by atoms with Gasteiger partial charge in [0.1, 0.15) is 6.54 Å². The fourth-order valence-electron chi connectivity index (χ4n) is 2.38. The third kappa shape index (κ3) is 5.46. The number of ether oxygens (including phenoxy) is 1. The maximum atomic E-state index is 13.1. The van der Waals surface area contributed by atoms with Crippen molar-refractivity contribution in [2.75, 3.05) is 18.6 Å². The van der Waals surface area contributed by atoms with E-state index in [9.17, 15) is 22.8 Å². The molecular weight excluding hydrogens is 451 g/mol. The minimum atomic E-state index is -4.61. The second-order valence-electron chi connectivity index (χ2n) is 5.48. The predicted molar refractivity (Wildman–Crippen MR) is 99.6 cm³/mol. The number of esters is 1. The molecule has 2 rings (SSSR count). The van der Waals surface area contributed by atoms with Crippen LogP contribution in [0.25, 0.3) is 0 Å². The monoisotopic (exact) mass is 463 g/mol. The van der Waals surface area contributed by atoms with Crippen LogP contribution >= 0.6 is 27.5 Å². The summed E-state index contributed by atoms with van der Waals surface area (Å²) in [7, 11) is 1.20. The molecule has 0 atom stereocenters. The Hall–Kier alpha value is -2.06. The van der Waals surface area contributed by atoms with E-state index in [-0.39, 0.29) is 22.1 Å². The minimum Gasteiger partial charge on any atom is -0.465 e. The van der Waals surface area contributed by atoms with Crippen molar-refractivity contribution >= 4 is 45.1 Å². The third-order valence-electron chi connectivity index (χ3n) is 3.62. The Labute approximate surface area is 167 Å². The van der Waals surface area contributed by atoms with Crippen LogP contribution in [0.1, 0.15) is 26.3 Å². The lowest BCUT2D eigenvalue weighted by atomic mass is 10.1. The highest BCUT2D eigenvalue weighted by atomic mass is 79.9. The number of carbonyl (C=O) groups excluding carboxylic acids is 2. The van der Waals surface area contributed by atoms with Gasteiger partial charge in [-0.15, -0.1) is 0 Å². The molecule has 0 N–H and O–H groups in total. The number of carbonyl (C=O) groups is 2. The highest BCUT2D eigenvalue weighted by Gasteiger charge is 2.34. The van der Waals surface area contributed by atoms with Crippen LogP contribution in [0.4, 0.5) is 18.9 Å². The lowest BCUT2D eigenvalue weighted by molar-refractivity contribution is -0.118. The summed E-state index contributed by atoms with van der Waals surface area (Å²) in [6, 6.07) is 9.50. The number of hydrogen-bond donors (Lipinski definition) is 0. The topological polar surface area (TPSA) is 46.6 Å². The van der Waals surface area contributed by atoms with Crippen molar-refractivity contribution in [2.24, 2.45) is 0 Å². The Morgan fingerprint density at radius 3 is 2.30 bits per heavy atom. The van der Waals surface area contributed by atoms with Crippen LogP contribution in [0.3, 0.4) is 0 Å². The number of methoxy groups -OCH3 is 1. The van der Waals surface area contributed by atoms with Crippen LogP contribution in [0.15, 0.2) is 42.5 Å². The Balaban J connectivity index is 2.49. The number of halogens is 5. The van der Waals surface area contributed by atoms with Crippen molar-refractivity contribution in [2.45, 2.75) is 11.5 Å². The summed E-state index contributed by atoms with van der Waals surface area (Å²) in [5.74, 6) is -1.46. The van der Waals surface area contributed by atoms with Crippen molar-refractivity contribution in [1.29, 1.82) is 0 Å². The standard InChI is InChI=1S/C18H14BrClF3NO3/c1-27-17(26)15-7-6-14(8-12(15)9-19)24(10-18(21,22)23)16(25)11-2-4-13(20)5-3-11/h2-8H,9-10H2,1H3. The van der Waals surface area contributed by atoms with Gasteiger partial charge in [-0.3, -0.25) is 9.69 Å². The molecule has 0 aliphatic carbocycles. The number of benzene rings is 2. The fourth-order valence-corrected chi connectivity index (χ4v) is 2.97. The maximum Gasteiger partial charge on any atom is 0.406 e. The van der Waals surface area contributed by atoms with Crippen molar-refractivity contribution in [3.05, 3.63) is 64.2 Å². The van der Waals surface area contributed by atoms with E-state index in [0.717, 1.165) is 0 Å². The summed E-state index contributed by atoms with van der Waals surface area (Å²) in [4.78, 5) is 25.1. The molecule has 0 heterocycles. The van der Waals surface area contributed by atoms with Crippen LogP contribution in [0, 0.1) is 0 Å². The summed E-state index contributed by atoms with van der Waals surface area (Å²) in [5.41, 5.74) is 0.662. The van der Waals surface area contributed by atoms with E-state index in [4.69, 9.17) is 11.6 Å². The molecule has 0 radical (unpaired) electrons. The van der Waals surface area contributed by atoms with Crippen LogP contribution in [-0.4, -0.2) is 31.7 Å². The molecule has 144 valence electrons. The molecule has 0 saturated carbocycles. The molecule has 2 aromatic rings. The number of hydrogen-bond acceptors (Lipinski definition) is 3. The van der Waals surface area contributed by atoms with Gasteiger partial charge in [-0.05, 0) is 48.0 Å². The first kappa shape index (κ1) is 21.2. The van der Waals surface area contributed by atoms with Gasteiger partial charge in [0.15, 0.2) is 0 Å². The van der Waals surface area contributed by atoms with E-state index >= 15 is 0 Å². The number of alkyl halides is 4. The second kappa shape index (κ2) is 8.75. The molecule has 9 heteroatoms. The molecule has 0 unspecified atom stereocenters. The minimum absolute atomic E-state index is 0.00868. The van der Waals surface area contributed by atoms with Gasteiger partial charge in [-0.25, -0.2) is 4.79 Å². The molecule has 0 aromatic heterocycles. The smallest absolute Gasteiger partial charge is 0.406 e. The van der Waals surface area contributed by atoms with Crippen molar-refractivity contribution in [3.63, 3.8) is 0 Å². The molecule has 0 spiro atoms. The van der Waals surface area contributed by atoms with Crippen LogP contribution in [0.2, 0.25) is 5.02 Å². The maximum absolute atomic E-state index is 13.1. The molecular formula is C18H14BrClF3NO3. The van der Waals surface area contributed by atoms with E-state index in [1.807, 2.05) is 0 Å². The van der Waals surface area contributed by atoms with Gasteiger partial charge in [-0.2, -0.15) is 13.2 Å². The Bertz CT molecular complexity index is 841. The molecule has 0 aliphatic rings. The largest absolute Gasteiger partial charge is 0.465 e. The number of amides is 1. The van der Waals surface area contributed by atoms with Crippen LogP contribution in [-0.2, 0) is 10.1 Å². The van der Waals surface area contributed by atoms with E-state index < -0.39 is 24.6 Å². The average Bonchev–Trinajstić information content (AvgIpc) is 2.64. The van der Waals surface area contributed by atoms with E-state index in [0.29, 0.717) is 15.5 Å². The van der Waals surface area contributed by atoms with Crippen LogP contribution in [0.5, 0.6) is 0 Å². The zero-order valence-electron chi connectivity index (χ0n) is 14.0. The zero-order valence-corrected chi connectivity index (χ0v) is 16.4. The van der Waals surface area contributed by atoms with Crippen molar-refractivity contribution in [1.82, 2.24) is 0 Å². The molecule has 0 bridgehead atoms. The second-order valence-corrected chi connectivity index (χ2v) is 6.48. The summed E-state index contributed by atoms with van der Waals surface area (Å²) in [5, 5.41) is 0.554. The highest BCUT2D eigenvalue weighted by molar-refractivity contribution is 9.08. The first-order valence-electron chi connectivity index (χ1n) is 7.57. The van der Waals surface area contributed by atoms with Gasteiger partial charge in [0.2, 0.25) is 0 Å². The predicted octanol–water partition coefficient (Wildman–Crippen LogP) is 5.23. The lowest BCUT2D eigenvalue weighted by Crippen LogP contribution is -2.39. The van der Waals surface area contributed by atoms with Gasteiger partial charge >= 0.3 is 12.1 Å². The average molecular weight is 465 g/mol. The molecule has 4 nitrogen and oxygen atoms in total. The zero-order chi connectivity index (χ0) is 20.2. The lowest BCUT2D eigenvalue weighted by Gasteiger charge is -2.25. The van der Waals surface area contributed by atoms with Gasteiger partial charge in [-0.1, -0.05) is 27.5 Å². The van der Waals surface area contributed by atoms with Crippen molar-refractivity contribution < 1.29 is 27.5 Å². The van der Waals surface area contributed by atoms with E-state index in [2.05, 4.69) is 20.7 Å². The highest BCUT2D eigenvalue weighted by Crippen LogP contribution is 2.28. The van der Waals surface area contributed by atoms with E-state index in [1.54, 1.807) is 0 Å². The summed E-state index contributed by atoms with van der Waals surface area (Å²) >= 11 is 8.96.